The summed E-state index contributed by atoms with van der Waals surface area (Å²) in [4.78, 5) is 13.1. The van der Waals surface area contributed by atoms with E-state index < -0.39 is 5.82 Å². The third-order valence-electron chi connectivity index (χ3n) is 6.29. The zero-order chi connectivity index (χ0) is 16.5. The van der Waals surface area contributed by atoms with Crippen LogP contribution in [0.25, 0.3) is 0 Å². The minimum absolute atomic E-state index is 0.0484. The quantitative estimate of drug-likeness (QED) is 0.768. The Hall–Kier alpha value is -1.09. The maximum Gasteiger partial charge on any atom is 0.230 e. The summed E-state index contributed by atoms with van der Waals surface area (Å²) in [6.45, 7) is 4.71. The number of nitrogens with one attached hydrogen (secondary N) is 1. The second-order valence-electron chi connectivity index (χ2n) is 8.99. The van der Waals surface area contributed by atoms with Crippen LogP contribution >= 0.6 is 11.6 Å². The molecule has 4 heteroatoms. The molecule has 1 amide bonds. The van der Waals surface area contributed by atoms with E-state index in [9.17, 15) is 9.18 Å². The fourth-order valence-electron chi connectivity index (χ4n) is 6.54. The number of carbonyl (C=O) groups is 1. The average Bonchev–Trinajstić information content (AvgIpc) is 2.39. The molecule has 124 valence electrons. The highest BCUT2D eigenvalue weighted by molar-refractivity contribution is 6.31. The number of rotatable bonds is 2. The molecule has 1 aromatic carbocycles. The summed E-state index contributed by atoms with van der Waals surface area (Å²) in [7, 11) is 0. The largest absolute Gasteiger partial charge is 0.326 e. The Kier molecular flexibility index (Phi) is 3.17. The Labute approximate surface area is 141 Å². The van der Waals surface area contributed by atoms with E-state index >= 15 is 0 Å². The number of carbonyl (C=O) groups excluding carboxylic acids is 1. The molecule has 0 saturated heterocycles. The Morgan fingerprint density at radius 1 is 1.17 bits per heavy atom. The molecule has 2 nitrogen and oxygen atoms in total. The van der Waals surface area contributed by atoms with Gasteiger partial charge < -0.3 is 5.32 Å². The van der Waals surface area contributed by atoms with E-state index in [0.717, 1.165) is 19.3 Å². The molecule has 2 atom stereocenters. The predicted octanol–water partition coefficient (Wildman–Crippen LogP) is 5.41. The SMILES string of the molecule is C[C@@]12CC3CC(C(=O)Nc4ccc(F)c(Cl)c4)(C1)C[C@@](C)(C3)C2. The van der Waals surface area contributed by atoms with Crippen LogP contribution in [0.4, 0.5) is 10.1 Å². The molecule has 0 spiro atoms. The molecule has 0 aliphatic heterocycles. The molecule has 5 rings (SSSR count). The molecule has 0 unspecified atom stereocenters. The molecule has 0 aromatic heterocycles. The Balaban J connectivity index is 1.61. The first-order valence-electron chi connectivity index (χ1n) is 8.48. The Bertz CT molecular complexity index is 670. The Morgan fingerprint density at radius 3 is 2.39 bits per heavy atom. The summed E-state index contributed by atoms with van der Waals surface area (Å²) in [5.74, 6) is 0.310. The number of amides is 1. The Morgan fingerprint density at radius 2 is 1.83 bits per heavy atom. The lowest BCUT2D eigenvalue weighted by molar-refractivity contribution is -0.165. The third-order valence-corrected chi connectivity index (χ3v) is 6.58. The van der Waals surface area contributed by atoms with Crippen molar-refractivity contribution in [3.8, 4) is 0 Å². The van der Waals surface area contributed by atoms with Crippen LogP contribution in [-0.4, -0.2) is 5.91 Å². The van der Waals surface area contributed by atoms with Crippen LogP contribution < -0.4 is 5.32 Å². The maximum atomic E-state index is 13.3. The van der Waals surface area contributed by atoms with Crippen LogP contribution in [0.15, 0.2) is 18.2 Å². The summed E-state index contributed by atoms with van der Waals surface area (Å²) in [6, 6.07) is 4.39. The molecule has 4 aliphatic rings. The smallest absolute Gasteiger partial charge is 0.230 e. The third kappa shape index (κ3) is 2.48. The van der Waals surface area contributed by atoms with Crippen molar-refractivity contribution in [1.82, 2.24) is 0 Å². The van der Waals surface area contributed by atoms with Crippen molar-refractivity contribution in [3.05, 3.63) is 29.0 Å². The number of halogens is 2. The zero-order valence-corrected chi connectivity index (χ0v) is 14.5. The monoisotopic (exact) mass is 335 g/mol. The summed E-state index contributed by atoms with van der Waals surface area (Å²) < 4.78 is 13.3. The maximum absolute atomic E-state index is 13.3. The predicted molar refractivity (Wildman–Crippen MR) is 89.9 cm³/mol. The van der Waals surface area contributed by atoms with Gasteiger partial charge in [0, 0.05) is 5.69 Å². The highest BCUT2D eigenvalue weighted by atomic mass is 35.5. The molecule has 1 N–H and O–H groups in total. The van der Waals surface area contributed by atoms with E-state index in [1.807, 2.05) is 0 Å². The van der Waals surface area contributed by atoms with E-state index in [-0.39, 0.29) is 16.3 Å². The normalized spacial score (nSPS) is 41.1. The van der Waals surface area contributed by atoms with Crippen molar-refractivity contribution in [2.75, 3.05) is 5.32 Å². The summed E-state index contributed by atoms with van der Waals surface area (Å²) >= 11 is 5.83. The number of anilines is 1. The molecule has 4 aliphatic carbocycles. The molecule has 4 bridgehead atoms. The lowest BCUT2D eigenvalue weighted by Crippen LogP contribution is -2.58. The van der Waals surface area contributed by atoms with Gasteiger partial charge in [0.05, 0.1) is 10.4 Å². The molecule has 0 radical (unpaired) electrons. The van der Waals surface area contributed by atoms with Crippen molar-refractivity contribution in [3.63, 3.8) is 0 Å². The first-order valence-corrected chi connectivity index (χ1v) is 8.85. The topological polar surface area (TPSA) is 29.1 Å². The van der Waals surface area contributed by atoms with Crippen molar-refractivity contribution >= 4 is 23.2 Å². The molecular formula is C19H23ClFNO. The molecule has 1 aromatic rings. The van der Waals surface area contributed by atoms with E-state index in [1.54, 1.807) is 6.07 Å². The van der Waals surface area contributed by atoms with Gasteiger partial charge in [0.1, 0.15) is 5.82 Å². The van der Waals surface area contributed by atoms with E-state index in [4.69, 9.17) is 11.6 Å². The van der Waals surface area contributed by atoms with Gasteiger partial charge in [-0.3, -0.25) is 4.79 Å². The van der Waals surface area contributed by atoms with Crippen LogP contribution in [0.3, 0.4) is 0 Å². The van der Waals surface area contributed by atoms with Crippen molar-refractivity contribution in [1.29, 1.82) is 0 Å². The molecular weight excluding hydrogens is 313 g/mol. The van der Waals surface area contributed by atoms with Crippen LogP contribution in [0.2, 0.25) is 5.02 Å². The minimum Gasteiger partial charge on any atom is -0.326 e. The van der Waals surface area contributed by atoms with Gasteiger partial charge in [0.25, 0.3) is 0 Å². The van der Waals surface area contributed by atoms with Gasteiger partial charge in [-0.05, 0) is 73.5 Å². The van der Waals surface area contributed by atoms with Gasteiger partial charge in [-0.2, -0.15) is 0 Å². The van der Waals surface area contributed by atoms with E-state index in [0.29, 0.717) is 22.4 Å². The van der Waals surface area contributed by atoms with Gasteiger partial charge in [0.2, 0.25) is 5.91 Å². The fraction of sp³-hybridized carbons (Fsp3) is 0.632. The van der Waals surface area contributed by atoms with Gasteiger partial charge in [-0.1, -0.05) is 25.4 Å². The number of benzene rings is 1. The minimum atomic E-state index is -0.459. The average molecular weight is 336 g/mol. The van der Waals surface area contributed by atoms with E-state index in [1.165, 1.54) is 31.4 Å². The molecule has 0 heterocycles. The van der Waals surface area contributed by atoms with Crippen LogP contribution in [-0.2, 0) is 4.79 Å². The zero-order valence-electron chi connectivity index (χ0n) is 13.7. The second kappa shape index (κ2) is 4.72. The van der Waals surface area contributed by atoms with Crippen molar-refractivity contribution in [2.24, 2.45) is 22.2 Å². The second-order valence-corrected chi connectivity index (χ2v) is 9.40. The standard InChI is InChI=1S/C19H23ClFNO/c1-17-6-12-7-18(2,9-17)11-19(8-12,10-17)16(23)22-13-3-4-15(21)14(20)5-13/h3-5,12H,6-11H2,1-2H3,(H,22,23)/t12?,17-,18-,19?/m0/s1. The van der Waals surface area contributed by atoms with Gasteiger partial charge in [-0.25, -0.2) is 4.39 Å². The molecule has 23 heavy (non-hydrogen) atoms. The van der Waals surface area contributed by atoms with Gasteiger partial charge >= 0.3 is 0 Å². The fourth-order valence-corrected chi connectivity index (χ4v) is 6.72. The summed E-state index contributed by atoms with van der Waals surface area (Å²) in [6.07, 6.45) is 6.73. The van der Waals surface area contributed by atoms with Crippen molar-refractivity contribution < 1.29 is 9.18 Å². The van der Waals surface area contributed by atoms with Gasteiger partial charge in [0.15, 0.2) is 0 Å². The lowest BCUT2D eigenvalue weighted by atomic mass is 9.40. The lowest BCUT2D eigenvalue weighted by Gasteiger charge is -2.64. The molecule has 4 saturated carbocycles. The van der Waals surface area contributed by atoms with Crippen LogP contribution in [0.5, 0.6) is 0 Å². The first-order chi connectivity index (χ1) is 10.7. The molecule has 4 fully saturated rings. The van der Waals surface area contributed by atoms with Gasteiger partial charge in [-0.15, -0.1) is 0 Å². The summed E-state index contributed by atoms with van der Waals surface area (Å²) in [5.41, 5.74) is 0.925. The number of hydrogen-bond acceptors (Lipinski definition) is 1. The van der Waals surface area contributed by atoms with Crippen molar-refractivity contribution in [2.45, 2.75) is 52.4 Å². The van der Waals surface area contributed by atoms with Crippen LogP contribution in [0.1, 0.15) is 52.4 Å². The summed E-state index contributed by atoms with van der Waals surface area (Å²) in [5, 5.41) is 3.06. The highest BCUT2D eigenvalue weighted by Gasteiger charge is 2.62. The highest BCUT2D eigenvalue weighted by Crippen LogP contribution is 2.69. The van der Waals surface area contributed by atoms with Crippen LogP contribution in [0, 0.1) is 28.0 Å². The first kappa shape index (κ1) is 15.4. The van der Waals surface area contributed by atoms with E-state index in [2.05, 4.69) is 19.2 Å². The number of hydrogen-bond donors (Lipinski definition) is 1.